The SMILES string of the molecule is CC1Oc2cc(O[Si](C)(C)C(C)(C)C)ccc2-c2ccc(O[Si](C)(C)C(C)(C)C)cc21. The molecule has 0 N–H and O–H groups in total. The second-order valence-corrected chi connectivity index (χ2v) is 21.3. The van der Waals surface area contributed by atoms with Gasteiger partial charge in [-0.25, -0.2) is 0 Å². The van der Waals surface area contributed by atoms with E-state index in [2.05, 4.69) is 111 Å². The van der Waals surface area contributed by atoms with Crippen molar-refractivity contribution in [1.82, 2.24) is 0 Å². The highest BCUT2D eigenvalue weighted by atomic mass is 28.4. The van der Waals surface area contributed by atoms with Crippen LogP contribution in [-0.4, -0.2) is 16.6 Å². The zero-order valence-corrected chi connectivity index (χ0v) is 23.3. The third kappa shape index (κ3) is 4.72. The van der Waals surface area contributed by atoms with Crippen molar-refractivity contribution in [2.24, 2.45) is 0 Å². The molecule has 31 heavy (non-hydrogen) atoms. The molecule has 1 heterocycles. The Morgan fingerprint density at radius 2 is 1.16 bits per heavy atom. The van der Waals surface area contributed by atoms with Crippen LogP contribution in [0.15, 0.2) is 36.4 Å². The van der Waals surface area contributed by atoms with Gasteiger partial charge < -0.3 is 13.6 Å². The van der Waals surface area contributed by atoms with Crippen LogP contribution in [0.4, 0.5) is 0 Å². The van der Waals surface area contributed by atoms with Crippen LogP contribution < -0.4 is 13.6 Å². The molecule has 170 valence electrons. The van der Waals surface area contributed by atoms with Gasteiger partial charge in [-0.3, -0.25) is 0 Å². The van der Waals surface area contributed by atoms with E-state index in [9.17, 15) is 0 Å². The van der Waals surface area contributed by atoms with Crippen LogP contribution in [0.3, 0.4) is 0 Å². The molecule has 1 aliphatic rings. The molecular weight excluding hydrogens is 416 g/mol. The number of ether oxygens (including phenoxy) is 1. The van der Waals surface area contributed by atoms with E-state index in [1.54, 1.807) is 0 Å². The predicted molar refractivity (Wildman–Crippen MR) is 137 cm³/mol. The van der Waals surface area contributed by atoms with Crippen molar-refractivity contribution in [2.75, 3.05) is 0 Å². The van der Waals surface area contributed by atoms with Crippen LogP contribution in [0, 0.1) is 0 Å². The molecule has 0 aromatic heterocycles. The van der Waals surface area contributed by atoms with Crippen LogP contribution in [0.25, 0.3) is 11.1 Å². The predicted octanol–water partition coefficient (Wildman–Crippen LogP) is 8.58. The first-order valence-corrected chi connectivity index (χ1v) is 17.2. The summed E-state index contributed by atoms with van der Waals surface area (Å²) in [5, 5.41) is 0.322. The molecule has 0 saturated heterocycles. The van der Waals surface area contributed by atoms with Crippen LogP contribution in [0.1, 0.15) is 60.1 Å². The zero-order valence-electron chi connectivity index (χ0n) is 21.3. The standard InChI is InChI=1S/C26H40O3Si2/c1-18-23-16-19(28-30(8,9)25(2,3)4)12-14-21(23)22-15-13-20(17-24(22)27-18)29-31(10,11)26(5,6)7/h12-18H,1-11H3. The highest BCUT2D eigenvalue weighted by Crippen LogP contribution is 2.47. The number of hydrogen-bond donors (Lipinski definition) is 0. The van der Waals surface area contributed by atoms with Gasteiger partial charge in [0.05, 0.1) is 0 Å². The fraction of sp³-hybridized carbons (Fsp3) is 0.538. The van der Waals surface area contributed by atoms with Crippen LogP contribution in [0.2, 0.25) is 36.3 Å². The Labute approximate surface area is 191 Å². The maximum atomic E-state index is 6.54. The third-order valence-corrected chi connectivity index (χ3v) is 16.1. The second-order valence-electron chi connectivity index (χ2n) is 11.9. The van der Waals surface area contributed by atoms with Crippen molar-refractivity contribution in [1.29, 1.82) is 0 Å². The monoisotopic (exact) mass is 456 g/mol. The summed E-state index contributed by atoms with van der Waals surface area (Å²) < 4.78 is 19.4. The summed E-state index contributed by atoms with van der Waals surface area (Å²) in [4.78, 5) is 0. The average molecular weight is 457 g/mol. The van der Waals surface area contributed by atoms with Crippen molar-refractivity contribution < 1.29 is 13.6 Å². The number of benzene rings is 2. The smallest absolute Gasteiger partial charge is 0.250 e. The lowest BCUT2D eigenvalue weighted by atomic mass is 9.93. The first-order chi connectivity index (χ1) is 14.0. The summed E-state index contributed by atoms with van der Waals surface area (Å²) in [6, 6.07) is 12.8. The Bertz CT molecular complexity index is 966. The number of hydrogen-bond acceptors (Lipinski definition) is 3. The highest BCUT2D eigenvalue weighted by Gasteiger charge is 2.40. The van der Waals surface area contributed by atoms with Crippen LogP contribution >= 0.6 is 0 Å². The topological polar surface area (TPSA) is 27.7 Å². The molecule has 0 amide bonds. The van der Waals surface area contributed by atoms with Gasteiger partial charge in [0, 0.05) is 17.2 Å². The van der Waals surface area contributed by atoms with E-state index < -0.39 is 16.6 Å². The van der Waals surface area contributed by atoms with Crippen molar-refractivity contribution in [3.63, 3.8) is 0 Å². The molecule has 2 aromatic carbocycles. The Morgan fingerprint density at radius 1 is 0.710 bits per heavy atom. The van der Waals surface area contributed by atoms with Crippen molar-refractivity contribution in [3.05, 3.63) is 42.0 Å². The molecule has 0 radical (unpaired) electrons. The zero-order chi connectivity index (χ0) is 23.4. The van der Waals surface area contributed by atoms with Gasteiger partial charge in [-0.05, 0) is 73.0 Å². The van der Waals surface area contributed by atoms with E-state index >= 15 is 0 Å². The van der Waals surface area contributed by atoms with Crippen LogP contribution in [-0.2, 0) is 0 Å². The summed E-state index contributed by atoms with van der Waals surface area (Å²) >= 11 is 0. The molecule has 1 aliphatic heterocycles. The fourth-order valence-corrected chi connectivity index (χ4v) is 5.27. The van der Waals surface area contributed by atoms with E-state index in [-0.39, 0.29) is 16.2 Å². The largest absolute Gasteiger partial charge is 0.543 e. The maximum Gasteiger partial charge on any atom is 0.250 e. The van der Waals surface area contributed by atoms with Gasteiger partial charge in [-0.15, -0.1) is 0 Å². The Morgan fingerprint density at radius 3 is 1.65 bits per heavy atom. The first kappa shape index (κ1) is 23.9. The molecule has 1 unspecified atom stereocenters. The lowest BCUT2D eigenvalue weighted by Crippen LogP contribution is -2.43. The summed E-state index contributed by atoms with van der Waals surface area (Å²) in [5.41, 5.74) is 3.52. The van der Waals surface area contributed by atoms with Crippen LogP contribution in [0.5, 0.6) is 17.2 Å². The second kappa shape index (κ2) is 7.70. The summed E-state index contributed by atoms with van der Waals surface area (Å²) in [6.45, 7) is 24.8. The van der Waals surface area contributed by atoms with E-state index in [0.717, 1.165) is 22.8 Å². The molecule has 0 bridgehead atoms. The Balaban J connectivity index is 1.93. The fourth-order valence-electron chi connectivity index (χ4n) is 3.22. The van der Waals surface area contributed by atoms with Gasteiger partial charge in [0.2, 0.25) is 16.6 Å². The molecule has 0 saturated carbocycles. The Kier molecular flexibility index (Phi) is 5.94. The number of fused-ring (bicyclic) bond motifs is 3. The summed E-state index contributed by atoms with van der Waals surface area (Å²) in [6.07, 6.45) is -0.0337. The quantitative estimate of drug-likeness (QED) is 0.431. The summed E-state index contributed by atoms with van der Waals surface area (Å²) in [5.74, 6) is 2.75. The molecule has 0 fully saturated rings. The van der Waals surface area contributed by atoms with Gasteiger partial charge in [-0.1, -0.05) is 47.6 Å². The molecule has 0 spiro atoms. The molecule has 2 aromatic rings. The highest BCUT2D eigenvalue weighted by molar-refractivity contribution is 6.75. The maximum absolute atomic E-state index is 6.54. The minimum absolute atomic E-state index is 0.0337. The molecule has 3 rings (SSSR count). The van der Waals surface area contributed by atoms with Gasteiger partial charge in [0.1, 0.15) is 23.4 Å². The normalized spacial score (nSPS) is 16.8. The van der Waals surface area contributed by atoms with Crippen molar-refractivity contribution in [2.45, 2.75) is 90.8 Å². The minimum atomic E-state index is -1.89. The Hall–Kier alpha value is -1.73. The van der Waals surface area contributed by atoms with Crippen molar-refractivity contribution in [3.8, 4) is 28.4 Å². The van der Waals surface area contributed by atoms with Gasteiger partial charge in [-0.2, -0.15) is 0 Å². The molecule has 5 heteroatoms. The first-order valence-electron chi connectivity index (χ1n) is 11.3. The van der Waals surface area contributed by atoms with E-state index in [0.29, 0.717) is 0 Å². The third-order valence-electron chi connectivity index (χ3n) is 7.37. The van der Waals surface area contributed by atoms with Crippen molar-refractivity contribution >= 4 is 16.6 Å². The van der Waals surface area contributed by atoms with Gasteiger partial charge >= 0.3 is 0 Å². The molecule has 0 aliphatic carbocycles. The van der Waals surface area contributed by atoms with E-state index in [4.69, 9.17) is 13.6 Å². The summed E-state index contributed by atoms with van der Waals surface area (Å²) in [7, 11) is -3.78. The molecular formula is C26H40O3Si2. The average Bonchev–Trinajstić information content (AvgIpc) is 2.59. The lowest BCUT2D eigenvalue weighted by Gasteiger charge is -2.37. The van der Waals surface area contributed by atoms with E-state index in [1.807, 2.05) is 0 Å². The lowest BCUT2D eigenvalue weighted by molar-refractivity contribution is 0.222. The molecule has 1 atom stereocenters. The number of rotatable bonds is 4. The minimum Gasteiger partial charge on any atom is -0.543 e. The van der Waals surface area contributed by atoms with Gasteiger partial charge in [0.15, 0.2) is 0 Å². The van der Waals surface area contributed by atoms with Gasteiger partial charge in [0.25, 0.3) is 0 Å². The molecule has 3 nitrogen and oxygen atoms in total. The van der Waals surface area contributed by atoms with E-state index in [1.165, 1.54) is 11.1 Å².